The zero-order valence-corrected chi connectivity index (χ0v) is 16.9. The van der Waals surface area contributed by atoms with Crippen LogP contribution in [0.3, 0.4) is 0 Å². The van der Waals surface area contributed by atoms with E-state index in [0.717, 1.165) is 32.7 Å². The van der Waals surface area contributed by atoms with Gasteiger partial charge in [-0.2, -0.15) is 0 Å². The Bertz CT molecular complexity index is 847. The highest BCUT2D eigenvalue weighted by Crippen LogP contribution is 2.08. The van der Waals surface area contributed by atoms with Crippen LogP contribution < -0.4 is 10.9 Å². The van der Waals surface area contributed by atoms with Gasteiger partial charge in [0.15, 0.2) is 0 Å². The van der Waals surface area contributed by atoms with Crippen LogP contribution >= 0.6 is 0 Å². The number of rotatable bonds is 7. The van der Waals surface area contributed by atoms with E-state index >= 15 is 0 Å². The molecular weight excluding hydrogens is 383 g/mol. The number of benzene rings is 2. The van der Waals surface area contributed by atoms with Gasteiger partial charge in [-0.3, -0.25) is 25.3 Å². The molecule has 0 atom stereocenters. The Morgan fingerprint density at radius 1 is 0.900 bits per heavy atom. The summed E-state index contributed by atoms with van der Waals surface area (Å²) >= 11 is 0. The van der Waals surface area contributed by atoms with Crippen molar-refractivity contribution in [2.45, 2.75) is 13.0 Å². The van der Waals surface area contributed by atoms with Crippen molar-refractivity contribution in [2.75, 3.05) is 32.7 Å². The van der Waals surface area contributed by atoms with Crippen LogP contribution in [0, 0.1) is 5.82 Å². The average molecular weight is 410 g/mol. The van der Waals surface area contributed by atoms with Crippen molar-refractivity contribution >= 4 is 17.9 Å². The highest BCUT2D eigenvalue weighted by molar-refractivity contribution is 5.93. The van der Waals surface area contributed by atoms with Gasteiger partial charge in [0.25, 0.3) is 5.91 Å². The van der Waals surface area contributed by atoms with Crippen LogP contribution in [-0.2, 0) is 16.1 Å². The van der Waals surface area contributed by atoms with Crippen LogP contribution in [0.15, 0.2) is 60.7 Å². The van der Waals surface area contributed by atoms with E-state index < -0.39 is 5.91 Å². The normalized spacial score (nSPS) is 15.2. The standard InChI is InChI=1S/C23H27FN4O2/c24-21-9-6-19(7-10-21)8-11-22(29)25-26-23(30)12-13-27-14-16-28(17-15-27)18-20-4-2-1-3-5-20/h1-11H,12-18H2,(H,25,29)(H,26,30)/b11-8+. The number of hydrazine groups is 1. The van der Waals surface area contributed by atoms with Crippen molar-refractivity contribution < 1.29 is 14.0 Å². The van der Waals surface area contributed by atoms with Crippen LogP contribution in [0.2, 0.25) is 0 Å². The van der Waals surface area contributed by atoms with Crippen molar-refractivity contribution in [3.05, 3.63) is 77.6 Å². The van der Waals surface area contributed by atoms with Crippen molar-refractivity contribution in [1.82, 2.24) is 20.7 Å². The molecule has 0 radical (unpaired) electrons. The minimum atomic E-state index is -0.442. The predicted octanol–water partition coefficient (Wildman–Crippen LogP) is 2.19. The fourth-order valence-electron chi connectivity index (χ4n) is 3.25. The van der Waals surface area contributed by atoms with Crippen LogP contribution in [-0.4, -0.2) is 54.3 Å². The molecule has 0 spiro atoms. The number of nitrogens with one attached hydrogen (secondary N) is 2. The quantitative estimate of drug-likeness (QED) is 0.543. The summed E-state index contributed by atoms with van der Waals surface area (Å²) in [6, 6.07) is 16.2. The Balaban J connectivity index is 1.29. The summed E-state index contributed by atoms with van der Waals surface area (Å²) in [5, 5.41) is 0. The lowest BCUT2D eigenvalue weighted by Gasteiger charge is -2.34. The molecule has 0 aliphatic carbocycles. The molecule has 6 nitrogen and oxygen atoms in total. The zero-order chi connectivity index (χ0) is 21.2. The molecule has 2 aromatic carbocycles. The maximum atomic E-state index is 12.9. The molecule has 0 aromatic heterocycles. The Hall–Kier alpha value is -3.03. The van der Waals surface area contributed by atoms with Gasteiger partial charge in [0, 0.05) is 51.8 Å². The van der Waals surface area contributed by atoms with Crippen molar-refractivity contribution in [1.29, 1.82) is 0 Å². The fourth-order valence-corrected chi connectivity index (χ4v) is 3.25. The van der Waals surface area contributed by atoms with Crippen LogP contribution in [0.1, 0.15) is 17.5 Å². The van der Waals surface area contributed by atoms with Gasteiger partial charge < -0.3 is 4.90 Å². The molecule has 30 heavy (non-hydrogen) atoms. The molecule has 158 valence electrons. The first-order valence-corrected chi connectivity index (χ1v) is 10.1. The Morgan fingerprint density at radius 3 is 2.27 bits per heavy atom. The molecule has 0 unspecified atom stereocenters. The molecule has 0 bridgehead atoms. The lowest BCUT2D eigenvalue weighted by Crippen LogP contribution is -2.47. The van der Waals surface area contributed by atoms with Gasteiger partial charge >= 0.3 is 0 Å². The lowest BCUT2D eigenvalue weighted by atomic mass is 10.2. The summed E-state index contributed by atoms with van der Waals surface area (Å²) in [4.78, 5) is 28.4. The first kappa shape index (κ1) is 21.7. The van der Waals surface area contributed by atoms with E-state index in [9.17, 15) is 14.0 Å². The van der Waals surface area contributed by atoms with Gasteiger partial charge in [0.1, 0.15) is 5.82 Å². The number of hydrogen-bond acceptors (Lipinski definition) is 4. The average Bonchev–Trinajstić information content (AvgIpc) is 2.77. The topological polar surface area (TPSA) is 64.7 Å². The van der Waals surface area contributed by atoms with Crippen LogP contribution in [0.5, 0.6) is 0 Å². The van der Waals surface area contributed by atoms with E-state index in [1.54, 1.807) is 18.2 Å². The van der Waals surface area contributed by atoms with Crippen molar-refractivity contribution in [3.8, 4) is 0 Å². The fraction of sp³-hybridized carbons (Fsp3) is 0.304. The highest BCUT2D eigenvalue weighted by Gasteiger charge is 2.17. The highest BCUT2D eigenvalue weighted by atomic mass is 19.1. The molecule has 3 rings (SSSR count). The van der Waals surface area contributed by atoms with E-state index in [0.29, 0.717) is 18.5 Å². The molecular formula is C23H27FN4O2. The number of hydrogen-bond donors (Lipinski definition) is 2. The minimum Gasteiger partial charge on any atom is -0.300 e. The molecule has 1 saturated heterocycles. The molecule has 1 aliphatic rings. The maximum Gasteiger partial charge on any atom is 0.262 e. The number of piperazine rings is 1. The first-order chi connectivity index (χ1) is 14.6. The zero-order valence-electron chi connectivity index (χ0n) is 16.9. The smallest absolute Gasteiger partial charge is 0.262 e. The van der Waals surface area contributed by atoms with Crippen molar-refractivity contribution in [2.24, 2.45) is 0 Å². The third kappa shape index (κ3) is 7.42. The van der Waals surface area contributed by atoms with E-state index in [4.69, 9.17) is 0 Å². The van der Waals surface area contributed by atoms with Gasteiger partial charge in [0.05, 0.1) is 0 Å². The molecule has 1 heterocycles. The summed E-state index contributed by atoms with van der Waals surface area (Å²) in [7, 11) is 0. The van der Waals surface area contributed by atoms with E-state index in [1.165, 1.54) is 23.8 Å². The SMILES string of the molecule is O=C(/C=C/c1ccc(F)cc1)NNC(=O)CCN1CCN(Cc2ccccc2)CC1. The van der Waals surface area contributed by atoms with Crippen molar-refractivity contribution in [3.63, 3.8) is 0 Å². The molecule has 7 heteroatoms. The van der Waals surface area contributed by atoms with Gasteiger partial charge in [-0.25, -0.2) is 4.39 Å². The summed E-state index contributed by atoms with van der Waals surface area (Å²) in [5.74, 6) is -1.01. The molecule has 2 aromatic rings. The largest absolute Gasteiger partial charge is 0.300 e. The monoisotopic (exact) mass is 410 g/mol. The van der Waals surface area contributed by atoms with Gasteiger partial charge in [0.2, 0.25) is 5.91 Å². The van der Waals surface area contributed by atoms with Crippen LogP contribution in [0.4, 0.5) is 4.39 Å². The second kappa shape index (κ2) is 11.2. The van der Waals surface area contributed by atoms with E-state index in [2.05, 4.69) is 44.9 Å². The Kier molecular flexibility index (Phi) is 8.11. The van der Waals surface area contributed by atoms with Gasteiger partial charge in [-0.15, -0.1) is 0 Å². The molecule has 0 saturated carbocycles. The third-order valence-corrected chi connectivity index (χ3v) is 4.99. The molecule has 2 amide bonds. The predicted molar refractivity (Wildman–Crippen MR) is 114 cm³/mol. The summed E-state index contributed by atoms with van der Waals surface area (Å²) in [5.41, 5.74) is 6.79. The number of carbonyl (C=O) groups is 2. The second-order valence-electron chi connectivity index (χ2n) is 7.28. The van der Waals surface area contributed by atoms with E-state index in [1.807, 2.05) is 6.07 Å². The molecule has 1 aliphatic heterocycles. The Labute approximate surface area is 176 Å². The number of carbonyl (C=O) groups excluding carboxylic acids is 2. The number of halogens is 1. The Morgan fingerprint density at radius 2 is 1.57 bits per heavy atom. The molecule has 2 N–H and O–H groups in total. The van der Waals surface area contributed by atoms with Gasteiger partial charge in [-0.1, -0.05) is 42.5 Å². The molecule has 1 fully saturated rings. The summed E-state index contributed by atoms with van der Waals surface area (Å²) < 4.78 is 12.9. The first-order valence-electron chi connectivity index (χ1n) is 10.1. The summed E-state index contributed by atoms with van der Waals surface area (Å²) in [6.07, 6.45) is 3.16. The van der Waals surface area contributed by atoms with Gasteiger partial charge in [-0.05, 0) is 29.3 Å². The number of amides is 2. The van der Waals surface area contributed by atoms with Crippen LogP contribution in [0.25, 0.3) is 6.08 Å². The second-order valence-corrected chi connectivity index (χ2v) is 7.28. The summed E-state index contributed by atoms with van der Waals surface area (Å²) in [6.45, 7) is 5.40. The number of nitrogens with zero attached hydrogens (tertiary/aromatic N) is 2. The maximum absolute atomic E-state index is 12.9. The lowest BCUT2D eigenvalue weighted by molar-refractivity contribution is -0.127. The minimum absolute atomic E-state index is 0.231. The van der Waals surface area contributed by atoms with E-state index in [-0.39, 0.29) is 11.7 Å². The third-order valence-electron chi connectivity index (χ3n) is 4.99.